The number of nitrogens with zero attached hydrogens (tertiary/aromatic N) is 3. The van der Waals surface area contributed by atoms with Gasteiger partial charge in [0.2, 0.25) is 0 Å². The Labute approximate surface area is 163 Å². The van der Waals surface area contributed by atoms with Crippen molar-refractivity contribution in [1.29, 1.82) is 0 Å². The molecule has 0 bridgehead atoms. The average Bonchev–Trinajstić information content (AvgIpc) is 3.48. The molecule has 5 nitrogen and oxygen atoms in total. The van der Waals surface area contributed by atoms with E-state index in [0.29, 0.717) is 11.8 Å². The lowest BCUT2D eigenvalue weighted by Gasteiger charge is -2.20. The normalized spacial score (nSPS) is 17.9. The van der Waals surface area contributed by atoms with Gasteiger partial charge in [0.1, 0.15) is 5.82 Å². The highest BCUT2D eigenvalue weighted by atomic mass is 32.1. The summed E-state index contributed by atoms with van der Waals surface area (Å²) in [5.74, 6) is 2.12. The van der Waals surface area contributed by atoms with Crippen LogP contribution in [-0.2, 0) is 0 Å². The summed E-state index contributed by atoms with van der Waals surface area (Å²) in [6.07, 6.45) is 8.52. The van der Waals surface area contributed by atoms with Gasteiger partial charge < -0.3 is 10.6 Å². The highest BCUT2D eigenvalue weighted by Gasteiger charge is 2.26. The molecule has 1 aromatic carbocycles. The molecule has 1 saturated carbocycles. The molecule has 1 aliphatic carbocycles. The number of nitrogens with one attached hydrogen (secondary N) is 2. The molecule has 0 amide bonds. The molecule has 0 spiro atoms. The summed E-state index contributed by atoms with van der Waals surface area (Å²) in [6, 6.07) is 6.36. The number of benzene rings is 1. The van der Waals surface area contributed by atoms with Gasteiger partial charge in [0.25, 0.3) is 0 Å². The standard InChI is InChI=1S/C21H23N5S/c1-13(16-11-23-20(24-12-16)14-2-3-14)25-17-4-5-19-18(10-17)26-21(27-19)15-6-8-22-9-7-15/h4-5,10-12,14-15,22,25H,1-3,6-9H2. The van der Waals surface area contributed by atoms with Crippen LogP contribution in [0.15, 0.2) is 37.2 Å². The van der Waals surface area contributed by atoms with E-state index in [4.69, 9.17) is 4.98 Å². The van der Waals surface area contributed by atoms with Gasteiger partial charge >= 0.3 is 0 Å². The summed E-state index contributed by atoms with van der Waals surface area (Å²) < 4.78 is 1.25. The lowest BCUT2D eigenvalue weighted by Crippen LogP contribution is -2.26. The van der Waals surface area contributed by atoms with Gasteiger partial charge in [-0.25, -0.2) is 15.0 Å². The van der Waals surface area contributed by atoms with Crippen LogP contribution in [0.1, 0.15) is 53.9 Å². The van der Waals surface area contributed by atoms with Crippen molar-refractivity contribution in [2.75, 3.05) is 18.4 Å². The van der Waals surface area contributed by atoms with Gasteiger partial charge in [0.05, 0.1) is 15.2 Å². The molecule has 2 fully saturated rings. The molecule has 2 N–H and O–H groups in total. The molecule has 2 aromatic heterocycles. The minimum absolute atomic E-state index is 0.571. The maximum absolute atomic E-state index is 4.91. The van der Waals surface area contributed by atoms with Crippen LogP contribution in [0, 0.1) is 0 Å². The molecule has 5 rings (SSSR count). The van der Waals surface area contributed by atoms with E-state index in [1.54, 1.807) is 0 Å². The van der Waals surface area contributed by atoms with Crippen LogP contribution < -0.4 is 10.6 Å². The predicted octanol–water partition coefficient (Wildman–Crippen LogP) is 4.51. The molecule has 2 aliphatic rings. The third kappa shape index (κ3) is 3.59. The molecule has 1 saturated heterocycles. The molecule has 0 atom stereocenters. The van der Waals surface area contributed by atoms with E-state index in [2.05, 4.69) is 45.4 Å². The van der Waals surface area contributed by atoms with Crippen molar-refractivity contribution >= 4 is 32.9 Å². The molecule has 3 heterocycles. The molecule has 0 unspecified atom stereocenters. The van der Waals surface area contributed by atoms with Crippen molar-refractivity contribution in [2.24, 2.45) is 0 Å². The summed E-state index contributed by atoms with van der Waals surface area (Å²) in [5, 5.41) is 8.08. The monoisotopic (exact) mass is 377 g/mol. The number of hydrogen-bond donors (Lipinski definition) is 2. The molecule has 138 valence electrons. The molecule has 27 heavy (non-hydrogen) atoms. The predicted molar refractivity (Wildman–Crippen MR) is 111 cm³/mol. The van der Waals surface area contributed by atoms with Crippen LogP contribution in [0.3, 0.4) is 0 Å². The van der Waals surface area contributed by atoms with E-state index in [9.17, 15) is 0 Å². The Balaban J connectivity index is 1.32. The van der Waals surface area contributed by atoms with Crippen LogP contribution in [0.4, 0.5) is 5.69 Å². The van der Waals surface area contributed by atoms with Gasteiger partial charge in [-0.3, -0.25) is 0 Å². The molecule has 3 aromatic rings. The number of anilines is 1. The second-order valence-electron chi connectivity index (χ2n) is 7.47. The zero-order valence-electron chi connectivity index (χ0n) is 15.2. The van der Waals surface area contributed by atoms with Gasteiger partial charge in [0.15, 0.2) is 0 Å². The van der Waals surface area contributed by atoms with Crippen LogP contribution in [0.5, 0.6) is 0 Å². The van der Waals surface area contributed by atoms with Crippen LogP contribution in [0.25, 0.3) is 15.9 Å². The first-order valence-corrected chi connectivity index (χ1v) is 10.5. The molecule has 1 aliphatic heterocycles. The third-order valence-corrected chi connectivity index (χ3v) is 6.55. The molecule has 0 radical (unpaired) electrons. The van der Waals surface area contributed by atoms with E-state index in [0.717, 1.165) is 41.4 Å². The minimum Gasteiger partial charge on any atom is -0.355 e. The largest absolute Gasteiger partial charge is 0.355 e. The fourth-order valence-electron chi connectivity index (χ4n) is 3.56. The summed E-state index contributed by atoms with van der Waals surface area (Å²) in [5.41, 5.74) is 3.80. The van der Waals surface area contributed by atoms with Gasteiger partial charge in [-0.2, -0.15) is 0 Å². The lowest BCUT2D eigenvalue weighted by molar-refractivity contribution is 0.459. The van der Waals surface area contributed by atoms with Gasteiger partial charge in [-0.05, 0) is 57.0 Å². The van der Waals surface area contributed by atoms with E-state index < -0.39 is 0 Å². The van der Waals surface area contributed by atoms with Gasteiger partial charge in [0, 0.05) is 41.2 Å². The first-order valence-electron chi connectivity index (χ1n) is 9.66. The Kier molecular flexibility index (Phi) is 4.38. The Morgan fingerprint density at radius 2 is 1.85 bits per heavy atom. The number of aromatic nitrogens is 3. The minimum atomic E-state index is 0.571. The average molecular weight is 378 g/mol. The lowest BCUT2D eigenvalue weighted by atomic mass is 9.99. The second-order valence-corrected chi connectivity index (χ2v) is 8.53. The van der Waals surface area contributed by atoms with Crippen molar-refractivity contribution in [2.45, 2.75) is 37.5 Å². The first kappa shape index (κ1) is 16.8. The topological polar surface area (TPSA) is 62.7 Å². The fraction of sp³-hybridized carbons (Fsp3) is 0.381. The fourth-order valence-corrected chi connectivity index (χ4v) is 4.68. The van der Waals surface area contributed by atoms with Gasteiger partial charge in [-0.15, -0.1) is 11.3 Å². The van der Waals surface area contributed by atoms with E-state index in [1.165, 1.54) is 35.4 Å². The maximum Gasteiger partial charge on any atom is 0.131 e. The second kappa shape index (κ2) is 7.02. The summed E-state index contributed by atoms with van der Waals surface area (Å²) >= 11 is 1.83. The number of rotatable bonds is 5. The zero-order chi connectivity index (χ0) is 18.2. The van der Waals surface area contributed by atoms with E-state index in [-0.39, 0.29) is 0 Å². The zero-order valence-corrected chi connectivity index (χ0v) is 16.1. The SMILES string of the molecule is C=C(Nc1ccc2sc(C3CCNCC3)nc2c1)c1cnc(C2CC2)nc1. The summed E-state index contributed by atoms with van der Waals surface area (Å²) in [7, 11) is 0. The van der Waals surface area contributed by atoms with E-state index in [1.807, 2.05) is 23.7 Å². The number of hydrogen-bond acceptors (Lipinski definition) is 6. The summed E-state index contributed by atoms with van der Waals surface area (Å²) in [6.45, 7) is 6.34. The van der Waals surface area contributed by atoms with Crippen LogP contribution in [-0.4, -0.2) is 28.0 Å². The van der Waals surface area contributed by atoms with Crippen molar-refractivity contribution in [1.82, 2.24) is 20.3 Å². The number of fused-ring (bicyclic) bond motifs is 1. The maximum atomic E-state index is 4.91. The van der Waals surface area contributed by atoms with Crippen molar-refractivity contribution < 1.29 is 0 Å². The van der Waals surface area contributed by atoms with Crippen molar-refractivity contribution in [3.05, 3.63) is 53.6 Å². The summed E-state index contributed by atoms with van der Waals surface area (Å²) in [4.78, 5) is 13.9. The highest BCUT2D eigenvalue weighted by molar-refractivity contribution is 7.18. The quantitative estimate of drug-likeness (QED) is 0.685. The molecule has 6 heteroatoms. The Bertz CT molecular complexity index is 968. The van der Waals surface area contributed by atoms with Crippen molar-refractivity contribution in [3.8, 4) is 0 Å². The number of thiazole rings is 1. The van der Waals surface area contributed by atoms with Crippen LogP contribution >= 0.6 is 11.3 Å². The van der Waals surface area contributed by atoms with Gasteiger partial charge in [-0.1, -0.05) is 6.58 Å². The third-order valence-electron chi connectivity index (χ3n) is 5.35. The first-order chi connectivity index (χ1) is 13.3. The Hall–Kier alpha value is -2.31. The Morgan fingerprint density at radius 1 is 1.07 bits per heavy atom. The number of piperidine rings is 1. The molecular formula is C21H23N5S. The smallest absolute Gasteiger partial charge is 0.131 e. The Morgan fingerprint density at radius 3 is 2.59 bits per heavy atom. The highest BCUT2D eigenvalue weighted by Crippen LogP contribution is 2.38. The molecular weight excluding hydrogens is 354 g/mol. The van der Waals surface area contributed by atoms with Crippen LogP contribution in [0.2, 0.25) is 0 Å². The van der Waals surface area contributed by atoms with E-state index >= 15 is 0 Å². The van der Waals surface area contributed by atoms with Crippen molar-refractivity contribution in [3.63, 3.8) is 0 Å².